The summed E-state index contributed by atoms with van der Waals surface area (Å²) in [5.41, 5.74) is 4.56. The zero-order valence-electron chi connectivity index (χ0n) is 17.2. The number of nitrogens with zero attached hydrogens (tertiary/aromatic N) is 4. The SMILES string of the molecule is CCCCCCCn1c(=O)c(C)nc2c(-c3ccc(OC)nc3C)ccnc21. The standard InChI is InChI=1S/C22H28N4O2/c1-5-6-7-8-9-14-26-21-20(25-16(3)22(26)27)18(12-13-23-21)17-10-11-19(28-4)24-15(17)2/h10-13H,5-9,14H2,1-4H3. The molecule has 0 saturated carbocycles. The second kappa shape index (κ2) is 8.95. The van der Waals surface area contributed by atoms with E-state index in [0.29, 0.717) is 23.8 Å². The lowest BCUT2D eigenvalue weighted by molar-refractivity contribution is 0.397. The Kier molecular flexibility index (Phi) is 6.39. The fourth-order valence-corrected chi connectivity index (χ4v) is 3.49. The van der Waals surface area contributed by atoms with E-state index in [1.54, 1.807) is 24.8 Å². The van der Waals surface area contributed by atoms with Crippen molar-refractivity contribution in [3.63, 3.8) is 0 Å². The number of pyridine rings is 2. The quantitative estimate of drug-likeness (QED) is 0.540. The summed E-state index contributed by atoms with van der Waals surface area (Å²) in [4.78, 5) is 26.3. The molecule has 6 heteroatoms. The summed E-state index contributed by atoms with van der Waals surface area (Å²) in [6, 6.07) is 5.75. The molecule has 6 nitrogen and oxygen atoms in total. The summed E-state index contributed by atoms with van der Waals surface area (Å²) in [7, 11) is 1.60. The van der Waals surface area contributed by atoms with Gasteiger partial charge in [-0.3, -0.25) is 9.36 Å². The molecule has 0 atom stereocenters. The van der Waals surface area contributed by atoms with Gasteiger partial charge in [0.15, 0.2) is 5.65 Å². The Hall–Kier alpha value is -2.76. The third-order valence-corrected chi connectivity index (χ3v) is 5.04. The Labute approximate surface area is 165 Å². The highest BCUT2D eigenvalue weighted by atomic mass is 16.5. The maximum absolute atomic E-state index is 12.7. The molecule has 0 spiro atoms. The molecule has 148 valence electrons. The van der Waals surface area contributed by atoms with Crippen LogP contribution in [-0.4, -0.2) is 26.6 Å². The molecule has 3 heterocycles. The van der Waals surface area contributed by atoms with Crippen molar-refractivity contribution < 1.29 is 4.74 Å². The van der Waals surface area contributed by atoms with Gasteiger partial charge in [0.25, 0.3) is 5.56 Å². The number of unbranched alkanes of at least 4 members (excludes halogenated alkanes) is 4. The van der Waals surface area contributed by atoms with E-state index in [9.17, 15) is 4.79 Å². The second-order valence-corrected chi connectivity index (χ2v) is 7.09. The highest BCUT2D eigenvalue weighted by molar-refractivity contribution is 5.90. The van der Waals surface area contributed by atoms with E-state index in [0.717, 1.165) is 35.2 Å². The summed E-state index contributed by atoms with van der Waals surface area (Å²) in [5.74, 6) is 0.577. The second-order valence-electron chi connectivity index (χ2n) is 7.09. The third kappa shape index (κ3) is 4.06. The van der Waals surface area contributed by atoms with Gasteiger partial charge in [-0.05, 0) is 32.4 Å². The van der Waals surface area contributed by atoms with Crippen molar-refractivity contribution in [2.24, 2.45) is 0 Å². The topological polar surface area (TPSA) is 69.9 Å². The maximum atomic E-state index is 12.7. The highest BCUT2D eigenvalue weighted by Gasteiger charge is 2.15. The Morgan fingerprint density at radius 1 is 0.964 bits per heavy atom. The van der Waals surface area contributed by atoms with Crippen LogP contribution in [0.5, 0.6) is 5.88 Å². The van der Waals surface area contributed by atoms with Gasteiger partial charge < -0.3 is 4.74 Å². The lowest BCUT2D eigenvalue weighted by atomic mass is 10.0. The number of rotatable bonds is 8. The Morgan fingerprint density at radius 3 is 2.46 bits per heavy atom. The minimum atomic E-state index is -0.0581. The molecule has 3 aromatic heterocycles. The van der Waals surface area contributed by atoms with Crippen LogP contribution in [0.25, 0.3) is 22.3 Å². The van der Waals surface area contributed by atoms with Crippen molar-refractivity contribution in [3.05, 3.63) is 46.1 Å². The molecule has 0 saturated heterocycles. The van der Waals surface area contributed by atoms with Gasteiger partial charge in [0.1, 0.15) is 11.2 Å². The molecule has 3 rings (SSSR count). The molecule has 28 heavy (non-hydrogen) atoms. The van der Waals surface area contributed by atoms with Gasteiger partial charge in [-0.2, -0.15) is 0 Å². The van der Waals surface area contributed by atoms with Crippen molar-refractivity contribution in [2.75, 3.05) is 7.11 Å². The van der Waals surface area contributed by atoms with Gasteiger partial charge >= 0.3 is 0 Å². The fourth-order valence-electron chi connectivity index (χ4n) is 3.49. The third-order valence-electron chi connectivity index (χ3n) is 5.04. The Bertz CT molecular complexity index is 1030. The highest BCUT2D eigenvalue weighted by Crippen LogP contribution is 2.29. The zero-order chi connectivity index (χ0) is 20.1. The molecule has 0 aliphatic carbocycles. The lowest BCUT2D eigenvalue weighted by Gasteiger charge is -2.14. The monoisotopic (exact) mass is 380 g/mol. The van der Waals surface area contributed by atoms with Gasteiger partial charge in [-0.1, -0.05) is 32.6 Å². The van der Waals surface area contributed by atoms with E-state index in [1.165, 1.54) is 19.3 Å². The van der Waals surface area contributed by atoms with Crippen LogP contribution in [0.2, 0.25) is 0 Å². The summed E-state index contributed by atoms with van der Waals surface area (Å²) < 4.78 is 6.99. The Balaban J connectivity index is 2.06. The Morgan fingerprint density at radius 2 is 1.75 bits per heavy atom. The van der Waals surface area contributed by atoms with Crippen molar-refractivity contribution in [1.82, 2.24) is 19.5 Å². The molecule has 0 fully saturated rings. The molecule has 0 amide bonds. The summed E-state index contributed by atoms with van der Waals surface area (Å²) in [6.45, 7) is 6.58. The lowest BCUT2D eigenvalue weighted by Crippen LogP contribution is -2.25. The minimum absolute atomic E-state index is 0.0581. The zero-order valence-corrected chi connectivity index (χ0v) is 17.2. The predicted molar refractivity (Wildman–Crippen MR) is 112 cm³/mol. The van der Waals surface area contributed by atoms with Gasteiger partial charge in [0.2, 0.25) is 5.88 Å². The molecular formula is C22H28N4O2. The molecule has 0 aliphatic heterocycles. The largest absolute Gasteiger partial charge is 0.481 e. The average Bonchev–Trinajstić information content (AvgIpc) is 2.70. The predicted octanol–water partition coefficient (Wildman–Crippen LogP) is 4.45. The molecular weight excluding hydrogens is 352 g/mol. The number of hydrogen-bond donors (Lipinski definition) is 0. The number of fused-ring (bicyclic) bond motifs is 1. The smallest absolute Gasteiger partial charge is 0.273 e. The first kappa shape index (κ1) is 20.0. The molecule has 0 unspecified atom stereocenters. The molecule has 0 aromatic carbocycles. The van der Waals surface area contributed by atoms with Crippen LogP contribution in [0.15, 0.2) is 29.2 Å². The number of hydrogen-bond acceptors (Lipinski definition) is 5. The van der Waals surface area contributed by atoms with Crippen molar-refractivity contribution >= 4 is 11.2 Å². The fraction of sp³-hybridized carbons (Fsp3) is 0.455. The van der Waals surface area contributed by atoms with Crippen LogP contribution in [-0.2, 0) is 6.54 Å². The van der Waals surface area contributed by atoms with Crippen molar-refractivity contribution in [1.29, 1.82) is 0 Å². The van der Waals surface area contributed by atoms with E-state index in [2.05, 4.69) is 21.9 Å². The van der Waals surface area contributed by atoms with Crippen LogP contribution in [0, 0.1) is 13.8 Å². The van der Waals surface area contributed by atoms with Crippen molar-refractivity contribution in [2.45, 2.75) is 59.4 Å². The first-order chi connectivity index (χ1) is 13.6. The molecule has 3 aromatic rings. The van der Waals surface area contributed by atoms with Crippen LogP contribution < -0.4 is 10.3 Å². The van der Waals surface area contributed by atoms with E-state index in [-0.39, 0.29) is 5.56 Å². The number of ether oxygens (including phenoxy) is 1. The molecule has 0 aliphatic rings. The number of methoxy groups -OCH3 is 1. The summed E-state index contributed by atoms with van der Waals surface area (Å²) in [6.07, 6.45) is 7.46. The van der Waals surface area contributed by atoms with Gasteiger partial charge in [0, 0.05) is 35.6 Å². The van der Waals surface area contributed by atoms with E-state index in [4.69, 9.17) is 4.74 Å². The summed E-state index contributed by atoms with van der Waals surface area (Å²) >= 11 is 0. The normalized spacial score (nSPS) is 11.1. The number of aromatic nitrogens is 4. The van der Waals surface area contributed by atoms with Crippen LogP contribution >= 0.6 is 0 Å². The molecule has 0 radical (unpaired) electrons. The van der Waals surface area contributed by atoms with Crippen LogP contribution in [0.1, 0.15) is 50.4 Å². The van der Waals surface area contributed by atoms with Gasteiger partial charge in [-0.15, -0.1) is 0 Å². The van der Waals surface area contributed by atoms with Crippen molar-refractivity contribution in [3.8, 4) is 17.0 Å². The molecule has 0 N–H and O–H groups in total. The van der Waals surface area contributed by atoms with Crippen LogP contribution in [0.3, 0.4) is 0 Å². The average molecular weight is 380 g/mol. The number of aryl methyl sites for hydroxylation is 3. The van der Waals surface area contributed by atoms with E-state index in [1.807, 2.05) is 25.1 Å². The minimum Gasteiger partial charge on any atom is -0.481 e. The first-order valence-electron chi connectivity index (χ1n) is 9.95. The summed E-state index contributed by atoms with van der Waals surface area (Å²) in [5, 5.41) is 0. The molecule has 0 bridgehead atoms. The van der Waals surface area contributed by atoms with E-state index >= 15 is 0 Å². The van der Waals surface area contributed by atoms with Crippen LogP contribution in [0.4, 0.5) is 0 Å². The van der Waals surface area contributed by atoms with E-state index < -0.39 is 0 Å². The van der Waals surface area contributed by atoms with Gasteiger partial charge in [0.05, 0.1) is 7.11 Å². The maximum Gasteiger partial charge on any atom is 0.273 e. The van der Waals surface area contributed by atoms with Gasteiger partial charge in [-0.25, -0.2) is 15.0 Å². The first-order valence-corrected chi connectivity index (χ1v) is 9.95.